The summed E-state index contributed by atoms with van der Waals surface area (Å²) in [5.74, 6) is -3.03. The van der Waals surface area contributed by atoms with E-state index in [2.05, 4.69) is 4.74 Å². The molecule has 11 nitrogen and oxygen atoms in total. The Morgan fingerprint density at radius 3 is 1.92 bits per heavy atom. The van der Waals surface area contributed by atoms with Gasteiger partial charge in [0.15, 0.2) is 12.0 Å². The van der Waals surface area contributed by atoms with E-state index >= 15 is 0 Å². The number of methoxy groups -OCH3 is 1. The number of nitrogens with zero attached hydrogens (tertiary/aromatic N) is 1. The molecule has 4 N–H and O–H groups in total. The van der Waals surface area contributed by atoms with E-state index in [-0.39, 0.29) is 45.9 Å². The van der Waals surface area contributed by atoms with Gasteiger partial charge in [0.2, 0.25) is 0 Å². The minimum absolute atomic E-state index is 0.0330. The van der Waals surface area contributed by atoms with Crippen LogP contribution in [0.25, 0.3) is 0 Å². The number of carbonyl (C=O) groups is 3. The van der Waals surface area contributed by atoms with Gasteiger partial charge in [-0.05, 0) is 6.42 Å². The normalized spacial score (nSPS) is 13.2. The van der Waals surface area contributed by atoms with Crippen molar-refractivity contribution in [2.45, 2.75) is 6.42 Å². The molecular weight excluding hydrogens is 354 g/mol. The molecule has 0 aromatic carbocycles. The highest BCUT2D eigenvalue weighted by atomic mass is 16.6. The lowest BCUT2D eigenvalue weighted by molar-refractivity contribution is -0.179. The third-order valence-corrected chi connectivity index (χ3v) is 3.52. The molecule has 0 bridgehead atoms. The van der Waals surface area contributed by atoms with Gasteiger partial charge in [0.1, 0.15) is 6.61 Å². The number of hydrogen-bond acceptors (Lipinski definition) is 11. The first kappa shape index (κ1) is 24.2. The van der Waals surface area contributed by atoms with E-state index in [0.29, 0.717) is 0 Å². The fraction of sp³-hybridized carbons (Fsp3) is 0.800. The average molecular weight is 381 g/mol. The number of hydrogen-bond donors (Lipinski definition) is 4. The quantitative estimate of drug-likeness (QED) is 0.137. The highest BCUT2D eigenvalue weighted by molar-refractivity contribution is 6.01. The molecule has 0 saturated carbocycles. The van der Waals surface area contributed by atoms with Gasteiger partial charge in [-0.1, -0.05) is 0 Å². The number of carbonyl (C=O) groups excluding carboxylic acids is 3. The van der Waals surface area contributed by atoms with Crippen LogP contribution in [0.4, 0.5) is 0 Å². The third-order valence-electron chi connectivity index (χ3n) is 3.52. The maximum Gasteiger partial charge on any atom is 0.344 e. The molecule has 0 aliphatic heterocycles. The van der Waals surface area contributed by atoms with Crippen molar-refractivity contribution >= 4 is 17.9 Å². The largest absolute Gasteiger partial charge is 0.466 e. The van der Waals surface area contributed by atoms with Gasteiger partial charge < -0.3 is 34.6 Å². The molecule has 152 valence electrons. The minimum Gasteiger partial charge on any atom is -0.466 e. The standard InChI is InChI=1S/C15H27NO10/c1-24-12(21)10-26-14(23)15(2-5-17,13(22)25-9-8-20)11-16(3-6-18)4-7-19/h17-20H,2-11H2,1H3. The van der Waals surface area contributed by atoms with E-state index < -0.39 is 43.1 Å². The zero-order valence-electron chi connectivity index (χ0n) is 14.8. The van der Waals surface area contributed by atoms with Crippen LogP contribution in [0.3, 0.4) is 0 Å². The molecule has 0 heterocycles. The van der Waals surface area contributed by atoms with Crippen LogP contribution < -0.4 is 0 Å². The first-order valence-corrected chi connectivity index (χ1v) is 7.98. The maximum atomic E-state index is 12.6. The molecular formula is C15H27NO10. The summed E-state index contributed by atoms with van der Waals surface area (Å²) in [6.45, 7) is -3.05. The average Bonchev–Trinajstić information content (AvgIpc) is 2.63. The predicted octanol–water partition coefficient (Wildman–Crippen LogP) is -3.11. The van der Waals surface area contributed by atoms with Crippen molar-refractivity contribution in [3.05, 3.63) is 0 Å². The molecule has 11 heteroatoms. The van der Waals surface area contributed by atoms with Crippen LogP contribution in [-0.4, -0.2) is 110 Å². The van der Waals surface area contributed by atoms with Crippen molar-refractivity contribution in [2.24, 2.45) is 5.41 Å². The molecule has 26 heavy (non-hydrogen) atoms. The summed E-state index contributed by atoms with van der Waals surface area (Å²) in [6, 6.07) is 0. The Hall–Kier alpha value is -1.79. The van der Waals surface area contributed by atoms with Crippen LogP contribution in [0, 0.1) is 5.41 Å². The summed E-state index contributed by atoms with van der Waals surface area (Å²) < 4.78 is 14.0. The second kappa shape index (κ2) is 13.4. The number of esters is 3. The van der Waals surface area contributed by atoms with Crippen molar-refractivity contribution < 1.29 is 49.0 Å². The molecule has 0 aromatic rings. The predicted molar refractivity (Wildman–Crippen MR) is 85.8 cm³/mol. The van der Waals surface area contributed by atoms with Crippen LogP contribution in [0.15, 0.2) is 0 Å². The number of rotatable bonds is 14. The highest BCUT2D eigenvalue weighted by Crippen LogP contribution is 2.28. The molecule has 0 fully saturated rings. The number of aliphatic hydroxyl groups is 4. The zero-order chi connectivity index (χ0) is 20.0. The van der Waals surface area contributed by atoms with Crippen LogP contribution >= 0.6 is 0 Å². The van der Waals surface area contributed by atoms with E-state index in [4.69, 9.17) is 24.8 Å². The van der Waals surface area contributed by atoms with Gasteiger partial charge in [0.25, 0.3) is 0 Å². The molecule has 0 radical (unpaired) electrons. The Bertz CT molecular complexity index is 438. The second-order valence-electron chi connectivity index (χ2n) is 5.29. The van der Waals surface area contributed by atoms with E-state index in [0.717, 1.165) is 7.11 Å². The van der Waals surface area contributed by atoms with Crippen LogP contribution in [0.5, 0.6) is 0 Å². The van der Waals surface area contributed by atoms with Crippen molar-refractivity contribution in [3.8, 4) is 0 Å². The van der Waals surface area contributed by atoms with E-state index in [1.165, 1.54) is 4.90 Å². The topological polar surface area (TPSA) is 163 Å². The van der Waals surface area contributed by atoms with Crippen molar-refractivity contribution in [1.29, 1.82) is 0 Å². The maximum absolute atomic E-state index is 12.6. The molecule has 1 atom stereocenters. The molecule has 0 amide bonds. The van der Waals surface area contributed by atoms with Crippen molar-refractivity contribution in [1.82, 2.24) is 4.90 Å². The summed E-state index contributed by atoms with van der Waals surface area (Å²) in [6.07, 6.45) is -0.384. The summed E-state index contributed by atoms with van der Waals surface area (Å²) in [5, 5.41) is 36.4. The van der Waals surface area contributed by atoms with Gasteiger partial charge in [-0.25, -0.2) is 4.79 Å². The Morgan fingerprint density at radius 2 is 1.46 bits per heavy atom. The molecule has 0 spiro atoms. The SMILES string of the molecule is COC(=O)COC(=O)C(CCO)(CN(CCO)CCO)C(=O)OCCO. The van der Waals surface area contributed by atoms with E-state index in [1.807, 2.05) is 0 Å². The number of ether oxygens (including phenoxy) is 3. The van der Waals surface area contributed by atoms with Crippen LogP contribution in [0.2, 0.25) is 0 Å². The van der Waals surface area contributed by atoms with Crippen molar-refractivity contribution in [3.63, 3.8) is 0 Å². The van der Waals surface area contributed by atoms with Gasteiger partial charge in [-0.15, -0.1) is 0 Å². The van der Waals surface area contributed by atoms with Crippen molar-refractivity contribution in [2.75, 3.05) is 66.4 Å². The number of aliphatic hydroxyl groups excluding tert-OH is 4. The van der Waals surface area contributed by atoms with E-state index in [9.17, 15) is 19.5 Å². The van der Waals surface area contributed by atoms with E-state index in [1.54, 1.807) is 0 Å². The molecule has 0 saturated heterocycles. The summed E-state index contributed by atoms with van der Waals surface area (Å²) >= 11 is 0. The summed E-state index contributed by atoms with van der Waals surface area (Å²) in [7, 11) is 1.09. The lowest BCUT2D eigenvalue weighted by Gasteiger charge is -2.33. The Kier molecular flexibility index (Phi) is 12.5. The smallest absolute Gasteiger partial charge is 0.344 e. The Labute approximate surface area is 151 Å². The summed E-state index contributed by atoms with van der Waals surface area (Å²) in [5.41, 5.74) is -2.01. The zero-order valence-corrected chi connectivity index (χ0v) is 14.8. The lowest BCUT2D eigenvalue weighted by atomic mass is 9.83. The molecule has 0 rings (SSSR count). The molecule has 0 aliphatic carbocycles. The van der Waals surface area contributed by atoms with Gasteiger partial charge in [0, 0.05) is 26.2 Å². The molecule has 1 unspecified atom stereocenters. The minimum atomic E-state index is -2.01. The van der Waals surface area contributed by atoms with Gasteiger partial charge in [-0.2, -0.15) is 0 Å². The highest BCUT2D eigenvalue weighted by Gasteiger charge is 2.50. The fourth-order valence-electron chi connectivity index (χ4n) is 2.22. The summed E-state index contributed by atoms with van der Waals surface area (Å²) in [4.78, 5) is 37.7. The van der Waals surface area contributed by atoms with Crippen LogP contribution in [0.1, 0.15) is 6.42 Å². The molecule has 0 aliphatic rings. The van der Waals surface area contributed by atoms with Gasteiger partial charge >= 0.3 is 17.9 Å². The van der Waals surface area contributed by atoms with Gasteiger partial charge in [0.05, 0.1) is 26.9 Å². The first-order chi connectivity index (χ1) is 12.4. The fourth-order valence-corrected chi connectivity index (χ4v) is 2.22. The van der Waals surface area contributed by atoms with Gasteiger partial charge in [-0.3, -0.25) is 14.5 Å². The lowest BCUT2D eigenvalue weighted by Crippen LogP contribution is -2.52. The first-order valence-electron chi connectivity index (χ1n) is 7.98. The monoisotopic (exact) mass is 381 g/mol. The third kappa shape index (κ3) is 7.62. The Morgan fingerprint density at radius 1 is 0.885 bits per heavy atom. The second-order valence-corrected chi connectivity index (χ2v) is 5.29. The Balaban J connectivity index is 5.61. The molecule has 0 aromatic heterocycles. The van der Waals surface area contributed by atoms with Crippen LogP contribution in [-0.2, 0) is 28.6 Å².